The van der Waals surface area contributed by atoms with Crippen LogP contribution >= 0.6 is 0 Å². The monoisotopic (exact) mass is 208 g/mol. The molecule has 0 aliphatic heterocycles. The van der Waals surface area contributed by atoms with Gasteiger partial charge in [-0.1, -0.05) is 12.1 Å². The molecule has 0 aliphatic carbocycles. The lowest BCUT2D eigenvalue weighted by Gasteiger charge is -2.07. The lowest BCUT2D eigenvalue weighted by molar-refractivity contribution is 0.1000. The van der Waals surface area contributed by atoms with Gasteiger partial charge in [0.1, 0.15) is 0 Å². The van der Waals surface area contributed by atoms with E-state index in [1.165, 1.54) is 0 Å². The maximum Gasteiger partial charge on any atom is 0.248 e. The molecule has 0 fully saturated rings. The van der Waals surface area contributed by atoms with Crippen molar-refractivity contribution in [2.75, 3.05) is 6.54 Å². The number of carbonyl (C=O) groups excluding carboxylic acids is 1. The predicted molar refractivity (Wildman–Crippen MR) is 58.3 cm³/mol. The maximum atomic E-state index is 10.9. The zero-order valence-electron chi connectivity index (χ0n) is 8.73. The van der Waals surface area contributed by atoms with Crippen LogP contribution in [0.3, 0.4) is 0 Å². The van der Waals surface area contributed by atoms with Crippen molar-refractivity contribution in [1.82, 2.24) is 5.32 Å². The molecular formula is C11H16N2O2. The summed E-state index contributed by atoms with van der Waals surface area (Å²) in [5, 5.41) is 12.1. The van der Waals surface area contributed by atoms with Crippen molar-refractivity contribution in [3.8, 4) is 0 Å². The Labute approximate surface area is 89.1 Å². The third-order valence-corrected chi connectivity index (χ3v) is 1.98. The van der Waals surface area contributed by atoms with Gasteiger partial charge in [0.2, 0.25) is 5.91 Å². The van der Waals surface area contributed by atoms with E-state index in [1.54, 1.807) is 25.1 Å². The second kappa shape index (κ2) is 5.48. The zero-order chi connectivity index (χ0) is 11.3. The van der Waals surface area contributed by atoms with Gasteiger partial charge >= 0.3 is 0 Å². The second-order valence-corrected chi connectivity index (χ2v) is 3.54. The van der Waals surface area contributed by atoms with Gasteiger partial charge in [0.05, 0.1) is 6.10 Å². The fourth-order valence-corrected chi connectivity index (χ4v) is 1.26. The summed E-state index contributed by atoms with van der Waals surface area (Å²) >= 11 is 0. The van der Waals surface area contributed by atoms with Gasteiger partial charge in [-0.25, -0.2) is 0 Å². The van der Waals surface area contributed by atoms with Gasteiger partial charge in [0.15, 0.2) is 0 Å². The van der Waals surface area contributed by atoms with Gasteiger partial charge in [-0.2, -0.15) is 0 Å². The third kappa shape index (κ3) is 4.10. The van der Waals surface area contributed by atoms with Crippen LogP contribution in [0.2, 0.25) is 0 Å². The molecular weight excluding hydrogens is 192 g/mol. The number of nitrogens with one attached hydrogen (secondary N) is 1. The average Bonchev–Trinajstić information content (AvgIpc) is 2.17. The number of primary amides is 1. The number of aliphatic hydroxyl groups excluding tert-OH is 1. The van der Waals surface area contributed by atoms with Gasteiger partial charge < -0.3 is 16.2 Å². The van der Waals surface area contributed by atoms with Crippen molar-refractivity contribution < 1.29 is 9.90 Å². The van der Waals surface area contributed by atoms with E-state index in [1.807, 2.05) is 6.07 Å². The van der Waals surface area contributed by atoms with Gasteiger partial charge in [0, 0.05) is 18.7 Å². The van der Waals surface area contributed by atoms with E-state index in [9.17, 15) is 4.79 Å². The van der Waals surface area contributed by atoms with Crippen LogP contribution in [0.4, 0.5) is 0 Å². The van der Waals surface area contributed by atoms with Crippen LogP contribution in [0.15, 0.2) is 24.3 Å². The van der Waals surface area contributed by atoms with Crippen molar-refractivity contribution in [2.24, 2.45) is 5.73 Å². The average molecular weight is 208 g/mol. The van der Waals surface area contributed by atoms with E-state index in [2.05, 4.69) is 5.32 Å². The SMILES string of the molecule is C[C@H](O)CNCc1cccc(C(N)=O)c1. The van der Waals surface area contributed by atoms with Crippen LogP contribution in [0.1, 0.15) is 22.8 Å². The quantitative estimate of drug-likeness (QED) is 0.649. The summed E-state index contributed by atoms with van der Waals surface area (Å²) in [4.78, 5) is 10.9. The van der Waals surface area contributed by atoms with Crippen LogP contribution in [0.5, 0.6) is 0 Å². The van der Waals surface area contributed by atoms with E-state index >= 15 is 0 Å². The lowest BCUT2D eigenvalue weighted by atomic mass is 10.1. The van der Waals surface area contributed by atoms with E-state index in [4.69, 9.17) is 10.8 Å². The molecule has 1 rings (SSSR count). The van der Waals surface area contributed by atoms with E-state index in [0.29, 0.717) is 18.7 Å². The van der Waals surface area contributed by atoms with Crippen LogP contribution in [0, 0.1) is 0 Å². The maximum absolute atomic E-state index is 10.9. The molecule has 0 spiro atoms. The molecule has 15 heavy (non-hydrogen) atoms. The van der Waals surface area contributed by atoms with E-state index < -0.39 is 5.91 Å². The molecule has 4 heteroatoms. The molecule has 4 N–H and O–H groups in total. The summed E-state index contributed by atoms with van der Waals surface area (Å²) in [6.45, 7) is 2.86. The fourth-order valence-electron chi connectivity index (χ4n) is 1.26. The van der Waals surface area contributed by atoms with Gasteiger partial charge in [-0.05, 0) is 24.6 Å². The Hall–Kier alpha value is -1.39. The highest BCUT2D eigenvalue weighted by atomic mass is 16.3. The van der Waals surface area contributed by atoms with Crippen molar-refractivity contribution >= 4 is 5.91 Å². The summed E-state index contributed by atoms with van der Waals surface area (Å²) < 4.78 is 0. The molecule has 1 atom stereocenters. The van der Waals surface area contributed by atoms with Crippen LogP contribution in [-0.2, 0) is 6.54 Å². The topological polar surface area (TPSA) is 75.3 Å². The number of benzene rings is 1. The van der Waals surface area contributed by atoms with E-state index in [0.717, 1.165) is 5.56 Å². The summed E-state index contributed by atoms with van der Waals surface area (Å²) in [5.41, 5.74) is 6.64. The normalized spacial score (nSPS) is 12.4. The van der Waals surface area contributed by atoms with Crippen molar-refractivity contribution in [3.63, 3.8) is 0 Å². The number of hydrogen-bond donors (Lipinski definition) is 3. The summed E-state index contributed by atoms with van der Waals surface area (Å²) in [5.74, 6) is -0.424. The summed E-state index contributed by atoms with van der Waals surface area (Å²) in [6.07, 6.45) is -0.371. The first kappa shape index (κ1) is 11.7. The molecule has 82 valence electrons. The summed E-state index contributed by atoms with van der Waals surface area (Å²) in [7, 11) is 0. The highest BCUT2D eigenvalue weighted by Crippen LogP contribution is 2.04. The molecule has 1 aromatic rings. The van der Waals surface area contributed by atoms with Gasteiger partial charge in [-0.15, -0.1) is 0 Å². The fraction of sp³-hybridized carbons (Fsp3) is 0.364. The first-order valence-corrected chi connectivity index (χ1v) is 4.87. The highest BCUT2D eigenvalue weighted by Gasteiger charge is 2.01. The highest BCUT2D eigenvalue weighted by molar-refractivity contribution is 5.92. The Bertz CT molecular complexity index is 337. The molecule has 0 heterocycles. The smallest absolute Gasteiger partial charge is 0.248 e. The number of aliphatic hydroxyl groups is 1. The third-order valence-electron chi connectivity index (χ3n) is 1.98. The predicted octanol–water partition coefficient (Wildman–Crippen LogP) is 0.256. The molecule has 0 radical (unpaired) electrons. The minimum absolute atomic E-state index is 0.371. The second-order valence-electron chi connectivity index (χ2n) is 3.54. The minimum atomic E-state index is -0.424. The molecule has 0 aliphatic rings. The largest absolute Gasteiger partial charge is 0.392 e. The van der Waals surface area contributed by atoms with Crippen molar-refractivity contribution in [3.05, 3.63) is 35.4 Å². The van der Waals surface area contributed by atoms with E-state index in [-0.39, 0.29) is 6.10 Å². The molecule has 0 saturated heterocycles. The molecule has 0 aromatic heterocycles. The van der Waals surface area contributed by atoms with Crippen molar-refractivity contribution in [1.29, 1.82) is 0 Å². The number of rotatable bonds is 5. The van der Waals surface area contributed by atoms with Crippen LogP contribution in [-0.4, -0.2) is 23.7 Å². The molecule has 0 bridgehead atoms. The minimum Gasteiger partial charge on any atom is -0.392 e. The van der Waals surface area contributed by atoms with Crippen LogP contribution < -0.4 is 11.1 Å². The zero-order valence-corrected chi connectivity index (χ0v) is 8.73. The number of carbonyl (C=O) groups is 1. The van der Waals surface area contributed by atoms with Gasteiger partial charge in [0.25, 0.3) is 0 Å². The summed E-state index contributed by atoms with van der Waals surface area (Å²) in [6, 6.07) is 7.12. The molecule has 1 aromatic carbocycles. The standard InChI is InChI=1S/C11H16N2O2/c1-8(14)6-13-7-9-3-2-4-10(5-9)11(12)15/h2-5,8,13-14H,6-7H2,1H3,(H2,12,15)/t8-/m0/s1. The Morgan fingerprint density at radius 3 is 2.93 bits per heavy atom. The van der Waals surface area contributed by atoms with Crippen LogP contribution in [0.25, 0.3) is 0 Å². The first-order valence-electron chi connectivity index (χ1n) is 4.87. The lowest BCUT2D eigenvalue weighted by Crippen LogP contribution is -2.24. The Balaban J connectivity index is 2.54. The van der Waals surface area contributed by atoms with Crippen molar-refractivity contribution in [2.45, 2.75) is 19.6 Å². The first-order chi connectivity index (χ1) is 7.09. The molecule has 1 amide bonds. The number of amides is 1. The Morgan fingerprint density at radius 2 is 2.33 bits per heavy atom. The number of nitrogens with two attached hydrogens (primary N) is 1. The number of hydrogen-bond acceptors (Lipinski definition) is 3. The molecule has 0 saturated carbocycles. The Morgan fingerprint density at radius 1 is 1.60 bits per heavy atom. The molecule has 4 nitrogen and oxygen atoms in total. The Kier molecular flexibility index (Phi) is 4.27. The van der Waals surface area contributed by atoms with Gasteiger partial charge in [-0.3, -0.25) is 4.79 Å². The molecule has 0 unspecified atom stereocenters.